The molecule has 1 aromatic rings. The molecule has 0 heterocycles. The average Bonchev–Trinajstić information content (AvgIpc) is 2.20. The third kappa shape index (κ3) is 3.11. The number of hydrogen-bond donors (Lipinski definition) is 3. The molecule has 0 spiro atoms. The number of phenols is 1. The molecule has 1 aromatic carbocycles. The van der Waals surface area contributed by atoms with E-state index >= 15 is 0 Å². The first kappa shape index (κ1) is 11.3. The van der Waals surface area contributed by atoms with E-state index < -0.39 is 5.97 Å². The summed E-state index contributed by atoms with van der Waals surface area (Å²) in [5.41, 5.74) is 0.688. The standard InChI is InChI=1S/C11H13NO3/c1-12-6-2-3-8-4-5-9(11(14)15)7-10(8)13/h2-5,7,12-13H,6H2,1H3,(H,14,15). The van der Waals surface area contributed by atoms with Gasteiger partial charge >= 0.3 is 5.97 Å². The van der Waals surface area contributed by atoms with Gasteiger partial charge in [0.05, 0.1) is 5.56 Å². The van der Waals surface area contributed by atoms with Gasteiger partial charge in [0.1, 0.15) is 5.75 Å². The maximum Gasteiger partial charge on any atom is 0.335 e. The van der Waals surface area contributed by atoms with Crippen LogP contribution in [0.1, 0.15) is 15.9 Å². The van der Waals surface area contributed by atoms with E-state index in [1.165, 1.54) is 12.1 Å². The lowest BCUT2D eigenvalue weighted by Crippen LogP contribution is -2.03. The number of phenolic OH excluding ortho intramolecular Hbond substituents is 1. The minimum Gasteiger partial charge on any atom is -0.507 e. The second-order valence-corrected chi connectivity index (χ2v) is 3.04. The minimum atomic E-state index is -1.05. The molecular weight excluding hydrogens is 194 g/mol. The summed E-state index contributed by atoms with van der Waals surface area (Å²) in [4.78, 5) is 10.6. The van der Waals surface area contributed by atoms with E-state index in [2.05, 4.69) is 5.32 Å². The van der Waals surface area contributed by atoms with Crippen LogP contribution in [0.5, 0.6) is 5.75 Å². The van der Waals surface area contributed by atoms with Crippen molar-refractivity contribution in [2.75, 3.05) is 13.6 Å². The third-order valence-electron chi connectivity index (χ3n) is 1.90. The van der Waals surface area contributed by atoms with Crippen LogP contribution < -0.4 is 5.32 Å². The van der Waals surface area contributed by atoms with E-state index in [0.717, 1.165) is 0 Å². The van der Waals surface area contributed by atoms with Gasteiger partial charge in [0.25, 0.3) is 0 Å². The quantitative estimate of drug-likeness (QED) is 0.696. The first-order valence-corrected chi connectivity index (χ1v) is 4.52. The molecule has 0 aliphatic rings. The number of carboxylic acids is 1. The maximum absolute atomic E-state index is 10.6. The molecule has 0 atom stereocenters. The van der Waals surface area contributed by atoms with Crippen LogP contribution in [0.2, 0.25) is 0 Å². The largest absolute Gasteiger partial charge is 0.507 e. The molecule has 0 aliphatic heterocycles. The second kappa shape index (κ2) is 5.17. The van der Waals surface area contributed by atoms with Gasteiger partial charge in [0, 0.05) is 12.1 Å². The summed E-state index contributed by atoms with van der Waals surface area (Å²) in [6.45, 7) is 0.695. The molecule has 0 aliphatic carbocycles. The fraction of sp³-hybridized carbons (Fsp3) is 0.182. The maximum atomic E-state index is 10.6. The summed E-state index contributed by atoms with van der Waals surface area (Å²) in [5, 5.41) is 21.1. The van der Waals surface area contributed by atoms with Crippen molar-refractivity contribution >= 4 is 12.0 Å². The molecule has 0 fully saturated rings. The Morgan fingerprint density at radius 1 is 1.53 bits per heavy atom. The summed E-state index contributed by atoms with van der Waals surface area (Å²) in [6, 6.07) is 4.27. The van der Waals surface area contributed by atoms with E-state index in [-0.39, 0.29) is 11.3 Å². The molecule has 3 N–H and O–H groups in total. The van der Waals surface area contributed by atoms with Crippen LogP contribution in [-0.4, -0.2) is 29.8 Å². The molecule has 0 radical (unpaired) electrons. The van der Waals surface area contributed by atoms with Crippen LogP contribution in [0.4, 0.5) is 0 Å². The normalized spacial score (nSPS) is 10.7. The number of likely N-dealkylation sites (N-methyl/N-ethyl adjacent to an activating group) is 1. The van der Waals surface area contributed by atoms with Gasteiger partial charge in [-0.1, -0.05) is 18.2 Å². The number of carboxylic acid groups (broad SMARTS) is 1. The Hall–Kier alpha value is -1.81. The van der Waals surface area contributed by atoms with E-state index in [4.69, 9.17) is 5.11 Å². The second-order valence-electron chi connectivity index (χ2n) is 3.04. The predicted molar refractivity (Wildman–Crippen MR) is 58.0 cm³/mol. The van der Waals surface area contributed by atoms with Crippen LogP contribution in [0, 0.1) is 0 Å². The average molecular weight is 207 g/mol. The van der Waals surface area contributed by atoms with Crippen molar-refractivity contribution in [2.45, 2.75) is 0 Å². The fourth-order valence-corrected chi connectivity index (χ4v) is 1.12. The Kier molecular flexibility index (Phi) is 3.88. The molecule has 80 valence electrons. The van der Waals surface area contributed by atoms with Gasteiger partial charge in [0.15, 0.2) is 0 Å². The lowest BCUT2D eigenvalue weighted by molar-refractivity contribution is 0.0696. The van der Waals surface area contributed by atoms with E-state index in [1.807, 2.05) is 13.1 Å². The Morgan fingerprint density at radius 3 is 2.80 bits per heavy atom. The highest BCUT2D eigenvalue weighted by Gasteiger charge is 2.05. The summed E-state index contributed by atoms with van der Waals surface area (Å²) < 4.78 is 0. The first-order valence-electron chi connectivity index (χ1n) is 4.52. The molecule has 0 unspecified atom stereocenters. The number of carbonyl (C=O) groups is 1. The Balaban J connectivity index is 2.88. The SMILES string of the molecule is CNCC=Cc1ccc(C(=O)O)cc1O. The summed E-state index contributed by atoms with van der Waals surface area (Å²) in [7, 11) is 1.82. The fourth-order valence-electron chi connectivity index (χ4n) is 1.12. The van der Waals surface area contributed by atoms with Gasteiger partial charge in [-0.15, -0.1) is 0 Å². The highest BCUT2D eigenvalue weighted by molar-refractivity contribution is 5.88. The van der Waals surface area contributed by atoms with Gasteiger partial charge in [-0.2, -0.15) is 0 Å². The molecule has 1 rings (SSSR count). The topological polar surface area (TPSA) is 69.6 Å². The number of aromatic carboxylic acids is 1. The van der Waals surface area contributed by atoms with Crippen LogP contribution in [0.15, 0.2) is 24.3 Å². The van der Waals surface area contributed by atoms with Crippen molar-refractivity contribution in [1.82, 2.24) is 5.32 Å². The smallest absolute Gasteiger partial charge is 0.335 e. The third-order valence-corrected chi connectivity index (χ3v) is 1.90. The number of hydrogen-bond acceptors (Lipinski definition) is 3. The number of nitrogens with one attached hydrogen (secondary N) is 1. The number of rotatable bonds is 4. The van der Waals surface area contributed by atoms with Gasteiger partial charge < -0.3 is 15.5 Å². The van der Waals surface area contributed by atoms with Gasteiger partial charge in [-0.3, -0.25) is 0 Å². The summed E-state index contributed by atoms with van der Waals surface area (Å²) in [5.74, 6) is -1.07. The van der Waals surface area contributed by atoms with Crippen molar-refractivity contribution in [3.63, 3.8) is 0 Å². The molecule has 0 saturated carbocycles. The van der Waals surface area contributed by atoms with Crippen molar-refractivity contribution in [3.05, 3.63) is 35.4 Å². The number of benzene rings is 1. The monoisotopic (exact) mass is 207 g/mol. The van der Waals surface area contributed by atoms with Crippen LogP contribution in [0.3, 0.4) is 0 Å². The van der Waals surface area contributed by atoms with Gasteiger partial charge in [0.2, 0.25) is 0 Å². The predicted octanol–water partition coefficient (Wildman–Crippen LogP) is 1.32. The minimum absolute atomic E-state index is 0.0257. The number of aromatic hydroxyl groups is 1. The summed E-state index contributed by atoms with van der Waals surface area (Å²) in [6.07, 6.45) is 3.58. The lowest BCUT2D eigenvalue weighted by Gasteiger charge is -2.00. The molecule has 4 nitrogen and oxygen atoms in total. The van der Waals surface area contributed by atoms with Crippen LogP contribution in [0.25, 0.3) is 6.08 Å². The summed E-state index contributed by atoms with van der Waals surface area (Å²) >= 11 is 0. The van der Waals surface area contributed by atoms with Gasteiger partial charge in [-0.05, 0) is 19.2 Å². The zero-order valence-corrected chi connectivity index (χ0v) is 8.40. The molecule has 0 amide bonds. The van der Waals surface area contributed by atoms with E-state index in [9.17, 15) is 9.90 Å². The molecule has 0 bridgehead atoms. The molecule has 4 heteroatoms. The van der Waals surface area contributed by atoms with Crippen LogP contribution in [-0.2, 0) is 0 Å². The molecule has 15 heavy (non-hydrogen) atoms. The van der Waals surface area contributed by atoms with Gasteiger partial charge in [-0.25, -0.2) is 4.79 Å². The molecule has 0 saturated heterocycles. The van der Waals surface area contributed by atoms with E-state index in [1.54, 1.807) is 12.1 Å². The lowest BCUT2D eigenvalue weighted by atomic mass is 10.1. The highest BCUT2D eigenvalue weighted by atomic mass is 16.4. The zero-order valence-electron chi connectivity index (χ0n) is 8.40. The zero-order chi connectivity index (χ0) is 11.3. The van der Waals surface area contributed by atoms with Crippen molar-refractivity contribution < 1.29 is 15.0 Å². The Labute approximate surface area is 87.9 Å². The van der Waals surface area contributed by atoms with Crippen molar-refractivity contribution in [2.24, 2.45) is 0 Å². The highest BCUT2D eigenvalue weighted by Crippen LogP contribution is 2.20. The van der Waals surface area contributed by atoms with Crippen molar-refractivity contribution in [1.29, 1.82) is 0 Å². The van der Waals surface area contributed by atoms with E-state index in [0.29, 0.717) is 12.1 Å². The Morgan fingerprint density at radius 2 is 2.27 bits per heavy atom. The van der Waals surface area contributed by atoms with Crippen LogP contribution >= 0.6 is 0 Å². The molecular formula is C11H13NO3. The Bertz CT molecular complexity index is 385. The molecule has 0 aromatic heterocycles. The van der Waals surface area contributed by atoms with Crippen molar-refractivity contribution in [3.8, 4) is 5.75 Å². The first-order chi connectivity index (χ1) is 7.15.